The Morgan fingerprint density at radius 2 is 2.31 bits per heavy atom. The Bertz CT molecular complexity index is 311. The molecular weight excluding hydrogens is 176 g/mol. The third kappa shape index (κ3) is 1.98. The number of aliphatic carboxylic acids is 1. The van der Waals surface area contributed by atoms with Gasteiger partial charge < -0.3 is 5.11 Å². The van der Waals surface area contributed by atoms with Crippen LogP contribution in [0.25, 0.3) is 0 Å². The summed E-state index contributed by atoms with van der Waals surface area (Å²) in [7, 11) is 0. The monoisotopic (exact) mass is 182 g/mol. The van der Waals surface area contributed by atoms with E-state index < -0.39 is 16.9 Å². The number of hydrogen-bond donors (Lipinski definition) is 1. The minimum absolute atomic E-state index is 0.0694. The molecule has 1 aromatic rings. The van der Waals surface area contributed by atoms with Crippen molar-refractivity contribution in [2.75, 3.05) is 0 Å². The molecule has 6 heteroatoms. The minimum Gasteiger partial charge on any atom is -0.476 e. The molecule has 1 unspecified atom stereocenters. The van der Waals surface area contributed by atoms with E-state index in [2.05, 4.69) is 4.98 Å². The van der Waals surface area contributed by atoms with Gasteiger partial charge in [0, 0.05) is 11.1 Å². The summed E-state index contributed by atoms with van der Waals surface area (Å²) in [4.78, 5) is 23.5. The van der Waals surface area contributed by atoms with E-state index in [1.165, 1.54) is 18.3 Å². The van der Waals surface area contributed by atoms with Crippen LogP contribution in [-0.4, -0.2) is 21.0 Å². The summed E-state index contributed by atoms with van der Waals surface area (Å²) < 4.78 is 0. The predicted octanol–water partition coefficient (Wildman–Crippen LogP) is 0.484. The third-order valence-corrected chi connectivity index (χ3v) is 1.41. The zero-order chi connectivity index (χ0) is 9.84. The van der Waals surface area contributed by atoms with E-state index in [1.807, 2.05) is 0 Å². The molecule has 0 aliphatic carbocycles. The van der Waals surface area contributed by atoms with Gasteiger partial charge in [-0.05, 0) is 12.1 Å². The maximum atomic E-state index is 10.5. The second-order valence-electron chi connectivity index (χ2n) is 2.28. The van der Waals surface area contributed by atoms with Crippen LogP contribution in [0, 0.1) is 10.1 Å². The molecule has 1 atom stereocenters. The lowest BCUT2D eigenvalue weighted by atomic mass is 10.2. The van der Waals surface area contributed by atoms with Crippen LogP contribution in [-0.2, 0) is 4.79 Å². The van der Waals surface area contributed by atoms with Crippen molar-refractivity contribution >= 4 is 5.97 Å². The molecule has 0 aliphatic heterocycles. The standard InChI is InChI=1S/C7H6N2O4/c10-7(11)6(9(12)13)5-3-1-2-4-8-5/h1-4,6H,(H,10,11). The van der Waals surface area contributed by atoms with Crippen molar-refractivity contribution in [1.29, 1.82) is 0 Å². The first-order valence-electron chi connectivity index (χ1n) is 3.40. The van der Waals surface area contributed by atoms with Gasteiger partial charge in [-0.1, -0.05) is 6.07 Å². The fourth-order valence-corrected chi connectivity index (χ4v) is 0.862. The Balaban J connectivity index is 3.03. The molecule has 13 heavy (non-hydrogen) atoms. The SMILES string of the molecule is O=C(O)C(c1ccccn1)[N+](=O)[O-]. The average Bonchev–Trinajstić information content (AvgIpc) is 2.04. The molecule has 0 radical (unpaired) electrons. The summed E-state index contributed by atoms with van der Waals surface area (Å²) >= 11 is 0. The molecule has 0 aliphatic rings. The molecule has 1 heterocycles. The first-order chi connectivity index (χ1) is 6.13. The largest absolute Gasteiger partial charge is 0.476 e. The highest BCUT2D eigenvalue weighted by atomic mass is 16.6. The number of nitro groups is 1. The van der Waals surface area contributed by atoms with Gasteiger partial charge in [0.25, 0.3) is 0 Å². The molecule has 1 aromatic heterocycles. The first kappa shape index (κ1) is 9.11. The van der Waals surface area contributed by atoms with Crippen LogP contribution in [0.15, 0.2) is 24.4 Å². The summed E-state index contributed by atoms with van der Waals surface area (Å²) in [6.07, 6.45) is 1.31. The molecule has 0 aromatic carbocycles. The fourth-order valence-electron chi connectivity index (χ4n) is 0.862. The van der Waals surface area contributed by atoms with E-state index in [0.29, 0.717) is 0 Å². The number of rotatable bonds is 3. The number of pyridine rings is 1. The molecule has 0 saturated heterocycles. The van der Waals surface area contributed by atoms with Gasteiger partial charge in [0.1, 0.15) is 5.69 Å². The van der Waals surface area contributed by atoms with Crippen LogP contribution in [0.4, 0.5) is 0 Å². The van der Waals surface area contributed by atoms with Gasteiger partial charge >= 0.3 is 12.0 Å². The number of aromatic nitrogens is 1. The van der Waals surface area contributed by atoms with Crippen molar-refractivity contribution in [3.63, 3.8) is 0 Å². The van der Waals surface area contributed by atoms with Gasteiger partial charge in [-0.25, -0.2) is 4.79 Å². The highest BCUT2D eigenvalue weighted by Gasteiger charge is 2.32. The molecule has 68 valence electrons. The lowest BCUT2D eigenvalue weighted by molar-refractivity contribution is -0.516. The van der Waals surface area contributed by atoms with Crippen LogP contribution in [0.1, 0.15) is 11.7 Å². The number of carboxylic acids is 1. The lowest BCUT2D eigenvalue weighted by Crippen LogP contribution is -2.21. The molecular formula is C7H6N2O4. The normalized spacial score (nSPS) is 12.0. The molecule has 6 nitrogen and oxygen atoms in total. The Morgan fingerprint density at radius 1 is 1.62 bits per heavy atom. The highest BCUT2D eigenvalue weighted by Crippen LogP contribution is 2.12. The van der Waals surface area contributed by atoms with Crippen molar-refractivity contribution in [1.82, 2.24) is 4.98 Å². The van der Waals surface area contributed by atoms with Crippen molar-refractivity contribution < 1.29 is 14.8 Å². The van der Waals surface area contributed by atoms with Crippen LogP contribution in [0.2, 0.25) is 0 Å². The van der Waals surface area contributed by atoms with E-state index in [-0.39, 0.29) is 5.69 Å². The van der Waals surface area contributed by atoms with Crippen molar-refractivity contribution in [3.05, 3.63) is 40.2 Å². The zero-order valence-electron chi connectivity index (χ0n) is 6.45. The number of carbonyl (C=O) groups is 1. The lowest BCUT2D eigenvalue weighted by Gasteiger charge is -2.02. The van der Waals surface area contributed by atoms with E-state index in [9.17, 15) is 14.9 Å². The van der Waals surface area contributed by atoms with Crippen molar-refractivity contribution in [2.24, 2.45) is 0 Å². The summed E-state index contributed by atoms with van der Waals surface area (Å²) in [6.45, 7) is 0. The maximum absolute atomic E-state index is 10.5. The van der Waals surface area contributed by atoms with Gasteiger partial charge in [-0.2, -0.15) is 0 Å². The Morgan fingerprint density at radius 3 is 2.69 bits per heavy atom. The molecule has 1 rings (SSSR count). The van der Waals surface area contributed by atoms with Gasteiger partial charge in [-0.15, -0.1) is 0 Å². The first-order valence-corrected chi connectivity index (χ1v) is 3.40. The van der Waals surface area contributed by atoms with Crippen LogP contribution in [0.5, 0.6) is 0 Å². The van der Waals surface area contributed by atoms with Gasteiger partial charge in [0.05, 0.1) is 0 Å². The third-order valence-electron chi connectivity index (χ3n) is 1.41. The average molecular weight is 182 g/mol. The smallest absolute Gasteiger partial charge is 0.385 e. The molecule has 0 spiro atoms. The zero-order valence-corrected chi connectivity index (χ0v) is 6.45. The van der Waals surface area contributed by atoms with Gasteiger partial charge in [0.2, 0.25) is 0 Å². The molecule has 0 saturated carbocycles. The van der Waals surface area contributed by atoms with Crippen LogP contribution in [0.3, 0.4) is 0 Å². The van der Waals surface area contributed by atoms with Crippen LogP contribution >= 0.6 is 0 Å². The van der Waals surface area contributed by atoms with Crippen molar-refractivity contribution in [3.8, 4) is 0 Å². The van der Waals surface area contributed by atoms with E-state index in [1.54, 1.807) is 6.07 Å². The summed E-state index contributed by atoms with van der Waals surface area (Å²) in [5.74, 6) is -1.51. The van der Waals surface area contributed by atoms with Gasteiger partial charge in [0.15, 0.2) is 0 Å². The molecule has 0 amide bonds. The molecule has 0 fully saturated rings. The quantitative estimate of drug-likeness (QED) is 0.542. The second-order valence-corrected chi connectivity index (χ2v) is 2.28. The van der Waals surface area contributed by atoms with Crippen LogP contribution < -0.4 is 0 Å². The number of carboxylic acid groups (broad SMARTS) is 1. The topological polar surface area (TPSA) is 93.3 Å². The Labute approximate surface area is 73.0 Å². The van der Waals surface area contributed by atoms with Gasteiger partial charge in [-0.3, -0.25) is 15.1 Å². The molecule has 0 bridgehead atoms. The second kappa shape index (κ2) is 3.61. The summed E-state index contributed by atoms with van der Waals surface area (Å²) in [6, 6.07) is 2.59. The number of nitrogens with zero attached hydrogens (tertiary/aromatic N) is 2. The minimum atomic E-state index is -1.78. The van der Waals surface area contributed by atoms with Crippen molar-refractivity contribution in [2.45, 2.75) is 6.04 Å². The molecule has 1 N–H and O–H groups in total. The highest BCUT2D eigenvalue weighted by molar-refractivity contribution is 5.73. The van der Waals surface area contributed by atoms with E-state index >= 15 is 0 Å². The Kier molecular flexibility index (Phi) is 2.53. The fraction of sp³-hybridized carbons (Fsp3) is 0.143. The Hall–Kier alpha value is -1.98. The maximum Gasteiger partial charge on any atom is 0.385 e. The summed E-state index contributed by atoms with van der Waals surface area (Å²) in [5, 5.41) is 18.8. The summed E-state index contributed by atoms with van der Waals surface area (Å²) in [5.41, 5.74) is -0.0694. The number of hydrogen-bond acceptors (Lipinski definition) is 4. The van der Waals surface area contributed by atoms with E-state index in [4.69, 9.17) is 5.11 Å². The van der Waals surface area contributed by atoms with E-state index in [0.717, 1.165) is 0 Å². The predicted molar refractivity (Wildman–Crippen MR) is 41.6 cm³/mol.